The van der Waals surface area contributed by atoms with Gasteiger partial charge in [-0.15, -0.1) is 0 Å². The molecule has 0 bridgehead atoms. The summed E-state index contributed by atoms with van der Waals surface area (Å²) in [6.07, 6.45) is -1.10. The van der Waals surface area contributed by atoms with Gasteiger partial charge in [-0.25, -0.2) is 13.2 Å². The summed E-state index contributed by atoms with van der Waals surface area (Å²) in [4.78, 5) is 11.8. The normalized spacial score (nSPS) is 11.9. The van der Waals surface area contributed by atoms with Gasteiger partial charge < -0.3 is 15.2 Å². The number of carbonyl (C=O) groups excluding carboxylic acids is 1. The molecule has 122 valence electrons. The third-order valence-electron chi connectivity index (χ3n) is 3.17. The van der Waals surface area contributed by atoms with Crippen LogP contribution in [0.5, 0.6) is 5.75 Å². The summed E-state index contributed by atoms with van der Waals surface area (Å²) in [5.74, 6) is -4.30. The molecule has 0 spiro atoms. The highest BCUT2D eigenvalue weighted by Gasteiger charge is 2.20. The van der Waals surface area contributed by atoms with E-state index in [0.29, 0.717) is 23.4 Å². The molecule has 2 aromatic carbocycles. The van der Waals surface area contributed by atoms with E-state index in [1.807, 2.05) is 0 Å². The Balaban J connectivity index is 2.07. The zero-order valence-electron chi connectivity index (χ0n) is 12.1. The van der Waals surface area contributed by atoms with Crippen molar-refractivity contribution in [1.82, 2.24) is 5.32 Å². The van der Waals surface area contributed by atoms with Crippen molar-refractivity contribution in [1.29, 1.82) is 0 Å². The van der Waals surface area contributed by atoms with Crippen molar-refractivity contribution >= 4 is 5.91 Å². The number of rotatable bonds is 5. The average Bonchev–Trinajstić information content (AvgIpc) is 2.51. The van der Waals surface area contributed by atoms with E-state index in [1.54, 1.807) is 24.3 Å². The molecule has 0 aromatic heterocycles. The van der Waals surface area contributed by atoms with Crippen molar-refractivity contribution < 1.29 is 27.8 Å². The second-order valence-corrected chi connectivity index (χ2v) is 4.75. The Labute approximate surface area is 130 Å². The summed E-state index contributed by atoms with van der Waals surface area (Å²) < 4.78 is 44.8. The van der Waals surface area contributed by atoms with E-state index >= 15 is 0 Å². The van der Waals surface area contributed by atoms with Gasteiger partial charge in [-0.1, -0.05) is 12.1 Å². The van der Waals surface area contributed by atoms with Gasteiger partial charge in [-0.05, 0) is 17.7 Å². The van der Waals surface area contributed by atoms with Crippen LogP contribution < -0.4 is 10.1 Å². The highest BCUT2D eigenvalue weighted by molar-refractivity contribution is 5.94. The summed E-state index contributed by atoms with van der Waals surface area (Å²) in [5.41, 5.74) is -0.436. The van der Waals surface area contributed by atoms with E-state index in [2.05, 4.69) is 5.32 Å². The number of ether oxygens (including phenoxy) is 1. The lowest BCUT2D eigenvalue weighted by molar-refractivity contribution is 0.0907. The lowest BCUT2D eigenvalue weighted by Crippen LogP contribution is -2.30. The highest BCUT2D eigenvalue weighted by atomic mass is 19.1. The summed E-state index contributed by atoms with van der Waals surface area (Å²) >= 11 is 0. The monoisotopic (exact) mass is 325 g/mol. The van der Waals surface area contributed by atoms with Crippen LogP contribution >= 0.6 is 0 Å². The summed E-state index contributed by atoms with van der Waals surface area (Å²) in [7, 11) is 1.47. The van der Waals surface area contributed by atoms with Crippen LogP contribution in [0.1, 0.15) is 22.0 Å². The van der Waals surface area contributed by atoms with Crippen LogP contribution in [0.3, 0.4) is 0 Å². The topological polar surface area (TPSA) is 58.6 Å². The Morgan fingerprint density at radius 1 is 1.22 bits per heavy atom. The fraction of sp³-hybridized carbons (Fsp3) is 0.188. The summed E-state index contributed by atoms with van der Waals surface area (Å²) in [6, 6.07) is 7.33. The first-order valence-corrected chi connectivity index (χ1v) is 6.67. The second-order valence-electron chi connectivity index (χ2n) is 4.75. The van der Waals surface area contributed by atoms with Crippen molar-refractivity contribution in [2.75, 3.05) is 13.7 Å². The van der Waals surface area contributed by atoms with Crippen LogP contribution in [-0.2, 0) is 0 Å². The smallest absolute Gasteiger partial charge is 0.257 e. The van der Waals surface area contributed by atoms with Crippen molar-refractivity contribution in [3.63, 3.8) is 0 Å². The quantitative estimate of drug-likeness (QED) is 0.888. The molecule has 0 saturated carbocycles. The van der Waals surface area contributed by atoms with Crippen LogP contribution in [0.15, 0.2) is 36.4 Å². The maximum absolute atomic E-state index is 13.5. The molecule has 0 aliphatic rings. The maximum Gasteiger partial charge on any atom is 0.257 e. The lowest BCUT2D eigenvalue weighted by Gasteiger charge is -2.13. The Bertz CT molecular complexity index is 698. The fourth-order valence-electron chi connectivity index (χ4n) is 2.00. The van der Waals surface area contributed by atoms with Gasteiger partial charge in [0, 0.05) is 18.7 Å². The van der Waals surface area contributed by atoms with E-state index in [4.69, 9.17) is 4.74 Å². The van der Waals surface area contributed by atoms with Crippen LogP contribution in [0.2, 0.25) is 0 Å². The molecule has 2 aromatic rings. The van der Waals surface area contributed by atoms with Gasteiger partial charge in [0.2, 0.25) is 0 Å². The molecule has 0 aliphatic heterocycles. The number of hydrogen-bond donors (Lipinski definition) is 2. The molecular formula is C16H14F3NO3. The molecule has 4 nitrogen and oxygen atoms in total. The Hall–Kier alpha value is -2.54. The number of amides is 1. The number of nitrogens with one attached hydrogen (secondary N) is 1. The molecule has 1 unspecified atom stereocenters. The molecular weight excluding hydrogens is 311 g/mol. The Morgan fingerprint density at radius 2 is 1.87 bits per heavy atom. The van der Waals surface area contributed by atoms with Gasteiger partial charge >= 0.3 is 0 Å². The number of aliphatic hydroxyl groups is 1. The molecule has 2 rings (SSSR count). The number of halogens is 3. The van der Waals surface area contributed by atoms with E-state index in [0.717, 1.165) is 0 Å². The molecule has 2 N–H and O–H groups in total. The minimum atomic E-state index is -1.31. The maximum atomic E-state index is 13.5. The van der Waals surface area contributed by atoms with E-state index in [9.17, 15) is 23.1 Å². The van der Waals surface area contributed by atoms with Gasteiger partial charge in [-0.3, -0.25) is 4.79 Å². The van der Waals surface area contributed by atoms with Crippen LogP contribution in [0.25, 0.3) is 0 Å². The summed E-state index contributed by atoms with van der Waals surface area (Å²) in [6.45, 7) is -0.276. The third kappa shape index (κ3) is 4.01. The van der Waals surface area contributed by atoms with Gasteiger partial charge in [0.05, 0.1) is 13.2 Å². The minimum Gasteiger partial charge on any atom is -0.497 e. The zero-order chi connectivity index (χ0) is 17.0. The number of aliphatic hydroxyl groups excluding tert-OH is 1. The predicted octanol–water partition coefficient (Wildman–Crippen LogP) is 2.58. The fourth-order valence-corrected chi connectivity index (χ4v) is 2.00. The van der Waals surface area contributed by atoms with Crippen LogP contribution in [-0.4, -0.2) is 24.7 Å². The molecule has 1 atom stereocenters. The first kappa shape index (κ1) is 16.8. The van der Waals surface area contributed by atoms with Crippen molar-refractivity contribution in [2.45, 2.75) is 6.10 Å². The first-order valence-electron chi connectivity index (χ1n) is 6.67. The Morgan fingerprint density at radius 3 is 2.48 bits per heavy atom. The molecule has 0 fully saturated rings. The van der Waals surface area contributed by atoms with Gasteiger partial charge in [0.25, 0.3) is 5.91 Å². The van der Waals surface area contributed by atoms with Crippen LogP contribution in [0.4, 0.5) is 13.2 Å². The zero-order valence-corrected chi connectivity index (χ0v) is 12.1. The standard InChI is InChI=1S/C16H14F3NO3/c1-23-11-4-2-3-9(5-11)14(21)8-20-16(22)15-12(18)6-10(17)7-13(15)19/h2-7,14,21H,8H2,1H3,(H,20,22). The molecule has 0 saturated heterocycles. The second kappa shape index (κ2) is 7.15. The molecule has 0 radical (unpaired) electrons. The minimum absolute atomic E-state index is 0.276. The van der Waals surface area contributed by atoms with Crippen molar-refractivity contribution in [3.8, 4) is 5.75 Å². The lowest BCUT2D eigenvalue weighted by atomic mass is 10.1. The number of carbonyl (C=O) groups is 1. The van der Waals surface area contributed by atoms with E-state index in [-0.39, 0.29) is 6.54 Å². The Kier molecular flexibility index (Phi) is 5.23. The summed E-state index contributed by atoms with van der Waals surface area (Å²) in [5, 5.41) is 12.2. The largest absolute Gasteiger partial charge is 0.497 e. The van der Waals surface area contributed by atoms with Crippen molar-refractivity contribution in [2.24, 2.45) is 0 Å². The average molecular weight is 325 g/mol. The van der Waals surface area contributed by atoms with E-state index in [1.165, 1.54) is 7.11 Å². The van der Waals surface area contributed by atoms with Gasteiger partial charge in [0.15, 0.2) is 0 Å². The highest BCUT2D eigenvalue weighted by Crippen LogP contribution is 2.19. The molecule has 0 heterocycles. The van der Waals surface area contributed by atoms with Gasteiger partial charge in [0.1, 0.15) is 28.8 Å². The number of benzene rings is 2. The third-order valence-corrected chi connectivity index (χ3v) is 3.17. The molecule has 1 amide bonds. The van der Waals surface area contributed by atoms with Gasteiger partial charge in [-0.2, -0.15) is 0 Å². The molecule has 7 heteroatoms. The van der Waals surface area contributed by atoms with Crippen LogP contribution in [0, 0.1) is 17.5 Å². The molecule has 23 heavy (non-hydrogen) atoms. The first-order chi connectivity index (χ1) is 10.9. The number of hydrogen-bond acceptors (Lipinski definition) is 3. The van der Waals surface area contributed by atoms with Crippen molar-refractivity contribution in [3.05, 3.63) is 65.0 Å². The number of methoxy groups -OCH3 is 1. The SMILES string of the molecule is COc1cccc(C(O)CNC(=O)c2c(F)cc(F)cc2F)c1. The van der Waals surface area contributed by atoms with E-state index < -0.39 is 35.0 Å². The predicted molar refractivity (Wildman–Crippen MR) is 76.6 cm³/mol. The molecule has 0 aliphatic carbocycles.